The van der Waals surface area contributed by atoms with E-state index in [-0.39, 0.29) is 12.3 Å². The number of ether oxygens (including phenoxy) is 1. The Kier molecular flexibility index (Phi) is 4.64. The van der Waals surface area contributed by atoms with Gasteiger partial charge in [-0.1, -0.05) is 29.8 Å². The topological polar surface area (TPSA) is 38.3 Å². The van der Waals surface area contributed by atoms with Crippen molar-refractivity contribution in [3.8, 4) is 5.75 Å². The minimum atomic E-state index is -0.101. The Hall–Kier alpha value is -2.00. The summed E-state index contributed by atoms with van der Waals surface area (Å²) in [5.74, 6) is 0.547. The molecule has 0 fully saturated rings. The Bertz CT molecular complexity index is 626. The highest BCUT2D eigenvalue weighted by Crippen LogP contribution is 2.25. The molecule has 1 N–H and O–H groups in total. The van der Waals surface area contributed by atoms with Gasteiger partial charge in [0.25, 0.3) is 0 Å². The number of carbonyl (C=O) groups is 1. The van der Waals surface area contributed by atoms with Crippen molar-refractivity contribution in [2.75, 3.05) is 12.4 Å². The Labute approximate surface area is 123 Å². The molecule has 2 rings (SSSR count). The molecule has 1 amide bonds. The van der Waals surface area contributed by atoms with Gasteiger partial charge in [-0.2, -0.15) is 0 Å². The van der Waals surface area contributed by atoms with Crippen LogP contribution in [0.4, 0.5) is 5.69 Å². The number of anilines is 1. The maximum atomic E-state index is 12.1. The molecule has 0 atom stereocenters. The molecular weight excluding hydrogens is 274 g/mol. The zero-order valence-electron chi connectivity index (χ0n) is 11.4. The maximum Gasteiger partial charge on any atom is 0.228 e. The summed E-state index contributed by atoms with van der Waals surface area (Å²) in [6.45, 7) is 1.96. The number of methoxy groups -OCH3 is 1. The second-order valence-corrected chi connectivity index (χ2v) is 5.00. The van der Waals surface area contributed by atoms with Crippen molar-refractivity contribution < 1.29 is 9.53 Å². The van der Waals surface area contributed by atoms with Gasteiger partial charge in [-0.3, -0.25) is 4.79 Å². The van der Waals surface area contributed by atoms with Gasteiger partial charge in [-0.15, -0.1) is 0 Å². The van der Waals surface area contributed by atoms with Crippen LogP contribution in [0.2, 0.25) is 5.02 Å². The van der Waals surface area contributed by atoms with Crippen molar-refractivity contribution in [2.45, 2.75) is 13.3 Å². The summed E-state index contributed by atoms with van der Waals surface area (Å²) in [7, 11) is 1.58. The quantitative estimate of drug-likeness (QED) is 0.929. The zero-order chi connectivity index (χ0) is 14.5. The van der Waals surface area contributed by atoms with Gasteiger partial charge in [0, 0.05) is 5.02 Å². The van der Waals surface area contributed by atoms with Crippen LogP contribution in [0.1, 0.15) is 11.1 Å². The standard InChI is InChI=1S/C16H16ClNO2/c1-11-6-7-15(20-2)14(8-11)18-16(19)10-12-4-3-5-13(17)9-12/h3-9H,10H2,1-2H3,(H,18,19). The lowest BCUT2D eigenvalue weighted by Gasteiger charge is -2.11. The minimum absolute atomic E-state index is 0.101. The highest BCUT2D eigenvalue weighted by molar-refractivity contribution is 6.30. The van der Waals surface area contributed by atoms with Gasteiger partial charge in [0.2, 0.25) is 5.91 Å². The van der Waals surface area contributed by atoms with Crippen LogP contribution in [0.25, 0.3) is 0 Å². The first-order valence-corrected chi connectivity index (χ1v) is 6.65. The number of benzene rings is 2. The van der Waals surface area contributed by atoms with E-state index in [1.165, 1.54) is 0 Å². The number of amides is 1. The summed E-state index contributed by atoms with van der Waals surface area (Å²) in [6.07, 6.45) is 0.275. The largest absolute Gasteiger partial charge is 0.495 e. The molecule has 2 aromatic rings. The second-order valence-electron chi connectivity index (χ2n) is 4.56. The Morgan fingerprint density at radius 1 is 1.25 bits per heavy atom. The van der Waals surface area contributed by atoms with Crippen molar-refractivity contribution >= 4 is 23.2 Å². The number of rotatable bonds is 4. The molecule has 0 aliphatic heterocycles. The van der Waals surface area contributed by atoms with Crippen molar-refractivity contribution in [3.63, 3.8) is 0 Å². The molecular formula is C16H16ClNO2. The lowest BCUT2D eigenvalue weighted by molar-refractivity contribution is -0.115. The minimum Gasteiger partial charge on any atom is -0.495 e. The molecule has 20 heavy (non-hydrogen) atoms. The third kappa shape index (κ3) is 3.75. The summed E-state index contributed by atoms with van der Waals surface area (Å²) >= 11 is 5.91. The average Bonchev–Trinajstić information content (AvgIpc) is 2.38. The molecule has 3 nitrogen and oxygen atoms in total. The summed E-state index contributed by atoms with van der Waals surface area (Å²) in [5.41, 5.74) is 2.62. The van der Waals surface area contributed by atoms with E-state index < -0.39 is 0 Å². The van der Waals surface area contributed by atoms with Crippen molar-refractivity contribution in [2.24, 2.45) is 0 Å². The normalized spacial score (nSPS) is 10.2. The van der Waals surface area contributed by atoms with Gasteiger partial charge in [0.15, 0.2) is 0 Å². The third-order valence-electron chi connectivity index (χ3n) is 2.88. The predicted octanol–water partition coefficient (Wildman–Crippen LogP) is 3.84. The van der Waals surface area contributed by atoms with Crippen molar-refractivity contribution in [1.29, 1.82) is 0 Å². The predicted molar refractivity (Wildman–Crippen MR) is 81.5 cm³/mol. The molecule has 0 bridgehead atoms. The van der Waals surface area contributed by atoms with Crippen LogP contribution in [-0.4, -0.2) is 13.0 Å². The van der Waals surface area contributed by atoms with Crippen molar-refractivity contribution in [1.82, 2.24) is 0 Å². The van der Waals surface area contributed by atoms with Gasteiger partial charge in [0.1, 0.15) is 5.75 Å². The van der Waals surface area contributed by atoms with Crippen LogP contribution >= 0.6 is 11.6 Å². The number of hydrogen-bond donors (Lipinski definition) is 1. The van der Waals surface area contributed by atoms with E-state index in [2.05, 4.69) is 5.32 Å². The smallest absolute Gasteiger partial charge is 0.228 e. The summed E-state index contributed by atoms with van der Waals surface area (Å²) in [5, 5.41) is 3.49. The zero-order valence-corrected chi connectivity index (χ0v) is 12.2. The third-order valence-corrected chi connectivity index (χ3v) is 3.12. The fourth-order valence-corrected chi connectivity index (χ4v) is 2.16. The first-order chi connectivity index (χ1) is 9.58. The van der Waals surface area contributed by atoms with Crippen LogP contribution in [-0.2, 0) is 11.2 Å². The highest BCUT2D eigenvalue weighted by atomic mass is 35.5. The molecule has 4 heteroatoms. The van der Waals surface area contributed by atoms with Gasteiger partial charge in [-0.05, 0) is 42.3 Å². The fourth-order valence-electron chi connectivity index (χ4n) is 1.95. The van der Waals surface area contributed by atoms with E-state index in [1.807, 2.05) is 37.3 Å². The molecule has 2 aromatic carbocycles. The van der Waals surface area contributed by atoms with E-state index in [9.17, 15) is 4.79 Å². The lowest BCUT2D eigenvalue weighted by Crippen LogP contribution is -2.15. The molecule has 0 aliphatic rings. The average molecular weight is 290 g/mol. The summed E-state index contributed by atoms with van der Waals surface area (Å²) in [6, 6.07) is 12.9. The molecule has 0 aliphatic carbocycles. The lowest BCUT2D eigenvalue weighted by atomic mass is 10.1. The number of aryl methyl sites for hydroxylation is 1. The highest BCUT2D eigenvalue weighted by Gasteiger charge is 2.08. The van der Waals surface area contributed by atoms with E-state index >= 15 is 0 Å². The number of nitrogens with one attached hydrogen (secondary N) is 1. The van der Waals surface area contributed by atoms with Crippen LogP contribution in [0.3, 0.4) is 0 Å². The number of hydrogen-bond acceptors (Lipinski definition) is 2. The SMILES string of the molecule is COc1ccc(C)cc1NC(=O)Cc1cccc(Cl)c1. The van der Waals surface area contributed by atoms with E-state index in [1.54, 1.807) is 19.2 Å². The number of halogens is 1. The maximum absolute atomic E-state index is 12.1. The van der Waals surface area contributed by atoms with Gasteiger partial charge < -0.3 is 10.1 Å². The molecule has 0 spiro atoms. The van der Waals surface area contributed by atoms with Crippen molar-refractivity contribution in [3.05, 3.63) is 58.6 Å². The molecule has 104 valence electrons. The second kappa shape index (κ2) is 6.44. The number of carbonyl (C=O) groups excluding carboxylic acids is 1. The monoisotopic (exact) mass is 289 g/mol. The van der Waals surface area contributed by atoms with E-state index in [0.29, 0.717) is 16.5 Å². The first-order valence-electron chi connectivity index (χ1n) is 6.27. The fraction of sp³-hybridized carbons (Fsp3) is 0.188. The van der Waals surface area contributed by atoms with Gasteiger partial charge in [-0.25, -0.2) is 0 Å². The first kappa shape index (κ1) is 14.4. The van der Waals surface area contributed by atoms with Gasteiger partial charge in [0.05, 0.1) is 19.2 Å². The van der Waals surface area contributed by atoms with Gasteiger partial charge >= 0.3 is 0 Å². The van der Waals surface area contributed by atoms with Crippen LogP contribution < -0.4 is 10.1 Å². The van der Waals surface area contributed by atoms with E-state index in [4.69, 9.17) is 16.3 Å². The van der Waals surface area contributed by atoms with Crippen LogP contribution in [0, 0.1) is 6.92 Å². The molecule has 0 radical (unpaired) electrons. The molecule has 0 heterocycles. The molecule has 0 saturated heterocycles. The van der Waals surface area contributed by atoms with E-state index in [0.717, 1.165) is 11.1 Å². The Morgan fingerprint density at radius 2 is 2.05 bits per heavy atom. The van der Waals surface area contributed by atoms with Crippen LogP contribution in [0.5, 0.6) is 5.75 Å². The Morgan fingerprint density at radius 3 is 2.75 bits per heavy atom. The Balaban J connectivity index is 2.10. The molecule has 0 saturated carbocycles. The van der Waals surface area contributed by atoms with Crippen LogP contribution in [0.15, 0.2) is 42.5 Å². The summed E-state index contributed by atoms with van der Waals surface area (Å²) < 4.78 is 5.23. The molecule has 0 aromatic heterocycles. The summed E-state index contributed by atoms with van der Waals surface area (Å²) in [4.78, 5) is 12.1. The molecule has 0 unspecified atom stereocenters.